The average molecular weight is 263 g/mol. The molecule has 106 valence electrons. The summed E-state index contributed by atoms with van der Waals surface area (Å²) in [5.74, 6) is 0. The Kier molecular flexibility index (Phi) is 5.37. The van der Waals surface area contributed by atoms with Crippen LogP contribution in [0.1, 0.15) is 35.6 Å². The zero-order valence-corrected chi connectivity index (χ0v) is 12.2. The van der Waals surface area contributed by atoms with Gasteiger partial charge in [-0.3, -0.25) is 0 Å². The van der Waals surface area contributed by atoms with E-state index in [1.165, 1.54) is 16.7 Å². The van der Waals surface area contributed by atoms with Gasteiger partial charge in [0.25, 0.3) is 0 Å². The minimum atomic E-state index is 0.266. The summed E-state index contributed by atoms with van der Waals surface area (Å²) >= 11 is 0. The monoisotopic (exact) mass is 263 g/mol. The van der Waals surface area contributed by atoms with Crippen LogP contribution in [-0.2, 0) is 9.47 Å². The van der Waals surface area contributed by atoms with E-state index in [4.69, 9.17) is 9.47 Å². The number of ether oxygens (including phenoxy) is 2. The molecule has 2 rings (SSSR count). The van der Waals surface area contributed by atoms with Gasteiger partial charge in [-0.05, 0) is 44.9 Å². The average Bonchev–Trinajstić information content (AvgIpc) is 2.44. The van der Waals surface area contributed by atoms with Crippen molar-refractivity contribution in [3.63, 3.8) is 0 Å². The van der Waals surface area contributed by atoms with Crippen LogP contribution < -0.4 is 5.32 Å². The smallest absolute Gasteiger partial charge is 0.0665 e. The number of nitrogens with one attached hydrogen (secondary N) is 1. The molecule has 1 aromatic rings. The molecular formula is C16H25NO2. The molecule has 3 heteroatoms. The Bertz CT molecular complexity index is 400. The van der Waals surface area contributed by atoms with Crippen molar-refractivity contribution in [2.45, 2.75) is 38.8 Å². The highest BCUT2D eigenvalue weighted by Gasteiger charge is 2.18. The van der Waals surface area contributed by atoms with Gasteiger partial charge in [0, 0.05) is 13.2 Å². The molecule has 1 fully saturated rings. The third-order valence-electron chi connectivity index (χ3n) is 3.83. The van der Waals surface area contributed by atoms with E-state index in [1.807, 2.05) is 7.05 Å². The van der Waals surface area contributed by atoms with E-state index in [0.717, 1.165) is 32.7 Å². The van der Waals surface area contributed by atoms with E-state index in [1.54, 1.807) is 0 Å². The maximum atomic E-state index is 6.04. The molecule has 0 aliphatic carbocycles. The molecule has 1 N–H and O–H groups in total. The normalized spacial score (nSPS) is 18.5. The molecule has 0 spiro atoms. The van der Waals surface area contributed by atoms with Crippen LogP contribution in [0.5, 0.6) is 0 Å². The van der Waals surface area contributed by atoms with Gasteiger partial charge in [-0.1, -0.05) is 23.8 Å². The van der Waals surface area contributed by atoms with Crippen molar-refractivity contribution in [1.29, 1.82) is 0 Å². The predicted molar refractivity (Wildman–Crippen MR) is 77.5 cm³/mol. The first-order valence-electron chi connectivity index (χ1n) is 7.14. The second kappa shape index (κ2) is 7.04. The number of rotatable bonds is 5. The third kappa shape index (κ3) is 4.03. The molecule has 1 atom stereocenters. The molecule has 3 nitrogen and oxygen atoms in total. The number of aryl methyl sites for hydroxylation is 2. The van der Waals surface area contributed by atoms with Gasteiger partial charge >= 0.3 is 0 Å². The fraction of sp³-hybridized carbons (Fsp3) is 0.625. The van der Waals surface area contributed by atoms with Crippen LogP contribution in [0.4, 0.5) is 0 Å². The van der Waals surface area contributed by atoms with Gasteiger partial charge < -0.3 is 14.8 Å². The van der Waals surface area contributed by atoms with E-state index >= 15 is 0 Å². The lowest BCUT2D eigenvalue weighted by atomic mass is 9.99. The van der Waals surface area contributed by atoms with Crippen molar-refractivity contribution in [1.82, 2.24) is 5.32 Å². The fourth-order valence-electron chi connectivity index (χ4n) is 2.54. The van der Waals surface area contributed by atoms with Gasteiger partial charge in [-0.2, -0.15) is 0 Å². The number of benzene rings is 1. The first-order chi connectivity index (χ1) is 9.20. The van der Waals surface area contributed by atoms with Gasteiger partial charge in [0.05, 0.1) is 18.8 Å². The van der Waals surface area contributed by atoms with Gasteiger partial charge in [0.15, 0.2) is 0 Å². The van der Waals surface area contributed by atoms with Gasteiger partial charge in [0.2, 0.25) is 0 Å². The highest BCUT2D eigenvalue weighted by Crippen LogP contribution is 2.21. The summed E-state index contributed by atoms with van der Waals surface area (Å²) in [6.45, 7) is 6.69. The summed E-state index contributed by atoms with van der Waals surface area (Å²) in [5, 5.41) is 3.37. The molecule has 1 aromatic carbocycles. The SMILES string of the molecule is CNC(COC1CCOCC1)c1cc(C)ccc1C. The molecule has 1 aliphatic heterocycles. The van der Waals surface area contributed by atoms with Crippen LogP contribution in [0.3, 0.4) is 0 Å². The molecular weight excluding hydrogens is 238 g/mol. The summed E-state index contributed by atoms with van der Waals surface area (Å²) in [6, 6.07) is 6.86. The molecule has 0 radical (unpaired) electrons. The maximum Gasteiger partial charge on any atom is 0.0665 e. The van der Waals surface area contributed by atoms with E-state index in [0.29, 0.717) is 6.10 Å². The standard InChI is InChI=1S/C16H25NO2/c1-12-4-5-13(2)15(10-12)16(17-3)11-19-14-6-8-18-9-7-14/h4-5,10,14,16-17H,6-9,11H2,1-3H3. The van der Waals surface area contributed by atoms with Crippen LogP contribution >= 0.6 is 0 Å². The second-order valence-corrected chi connectivity index (χ2v) is 5.35. The van der Waals surface area contributed by atoms with Gasteiger partial charge in [-0.15, -0.1) is 0 Å². The Balaban J connectivity index is 1.97. The summed E-state index contributed by atoms with van der Waals surface area (Å²) in [7, 11) is 2.00. The lowest BCUT2D eigenvalue weighted by Crippen LogP contribution is -2.29. The Hall–Kier alpha value is -0.900. The zero-order valence-electron chi connectivity index (χ0n) is 12.2. The maximum absolute atomic E-state index is 6.04. The first-order valence-corrected chi connectivity index (χ1v) is 7.14. The molecule has 19 heavy (non-hydrogen) atoms. The van der Waals surface area contributed by atoms with E-state index in [9.17, 15) is 0 Å². The minimum absolute atomic E-state index is 0.266. The van der Waals surface area contributed by atoms with Crippen LogP contribution in [0.25, 0.3) is 0 Å². The number of hydrogen-bond acceptors (Lipinski definition) is 3. The molecule has 1 saturated heterocycles. The van der Waals surface area contributed by atoms with Crippen molar-refractivity contribution in [2.75, 3.05) is 26.9 Å². The highest BCUT2D eigenvalue weighted by atomic mass is 16.5. The summed E-state index contributed by atoms with van der Waals surface area (Å²) in [4.78, 5) is 0. The third-order valence-corrected chi connectivity index (χ3v) is 3.83. The lowest BCUT2D eigenvalue weighted by molar-refractivity contribution is -0.0379. The predicted octanol–water partition coefficient (Wildman–Crippen LogP) is 2.76. The quantitative estimate of drug-likeness (QED) is 0.886. The van der Waals surface area contributed by atoms with E-state index < -0.39 is 0 Å². The largest absolute Gasteiger partial charge is 0.381 e. The zero-order chi connectivity index (χ0) is 13.7. The van der Waals surface area contributed by atoms with E-state index in [-0.39, 0.29) is 6.04 Å². The van der Waals surface area contributed by atoms with Gasteiger partial charge in [0.1, 0.15) is 0 Å². The molecule has 0 saturated carbocycles. The van der Waals surface area contributed by atoms with E-state index in [2.05, 4.69) is 37.4 Å². The van der Waals surface area contributed by atoms with Crippen LogP contribution in [0.2, 0.25) is 0 Å². The Morgan fingerprint density at radius 3 is 2.74 bits per heavy atom. The Labute approximate surface area is 116 Å². The number of likely N-dealkylation sites (N-methyl/N-ethyl adjacent to an activating group) is 1. The van der Waals surface area contributed by atoms with Crippen LogP contribution in [0.15, 0.2) is 18.2 Å². The summed E-state index contributed by atoms with van der Waals surface area (Å²) < 4.78 is 11.4. The molecule has 0 bridgehead atoms. The van der Waals surface area contributed by atoms with Crippen LogP contribution in [-0.4, -0.2) is 33.0 Å². The molecule has 1 heterocycles. The Morgan fingerprint density at radius 1 is 1.32 bits per heavy atom. The minimum Gasteiger partial charge on any atom is -0.381 e. The topological polar surface area (TPSA) is 30.5 Å². The van der Waals surface area contributed by atoms with Crippen molar-refractivity contribution in [2.24, 2.45) is 0 Å². The van der Waals surface area contributed by atoms with Crippen molar-refractivity contribution in [3.05, 3.63) is 34.9 Å². The lowest BCUT2D eigenvalue weighted by Gasteiger charge is -2.26. The first kappa shape index (κ1) is 14.5. The van der Waals surface area contributed by atoms with Crippen molar-refractivity contribution < 1.29 is 9.47 Å². The number of hydrogen-bond donors (Lipinski definition) is 1. The Morgan fingerprint density at radius 2 is 2.05 bits per heavy atom. The summed E-state index contributed by atoms with van der Waals surface area (Å²) in [5.41, 5.74) is 3.96. The molecule has 1 unspecified atom stereocenters. The molecule has 1 aliphatic rings. The summed E-state index contributed by atoms with van der Waals surface area (Å²) in [6.07, 6.45) is 2.39. The second-order valence-electron chi connectivity index (χ2n) is 5.35. The molecule has 0 amide bonds. The van der Waals surface area contributed by atoms with Crippen LogP contribution in [0, 0.1) is 13.8 Å². The van der Waals surface area contributed by atoms with Crippen molar-refractivity contribution >= 4 is 0 Å². The van der Waals surface area contributed by atoms with Crippen molar-refractivity contribution in [3.8, 4) is 0 Å². The fourth-order valence-corrected chi connectivity index (χ4v) is 2.54. The molecule has 0 aromatic heterocycles. The van der Waals surface area contributed by atoms with Gasteiger partial charge in [-0.25, -0.2) is 0 Å². The highest BCUT2D eigenvalue weighted by molar-refractivity contribution is 5.33.